The summed E-state index contributed by atoms with van der Waals surface area (Å²) in [4.78, 5) is 37.1. The van der Waals surface area contributed by atoms with Crippen molar-refractivity contribution in [3.8, 4) is 0 Å². The normalized spacial score (nSPS) is 34.4. The van der Waals surface area contributed by atoms with Crippen LogP contribution >= 0.6 is 0 Å². The number of carbonyl (C=O) groups excluding carboxylic acids is 2. The quantitative estimate of drug-likeness (QED) is 0.178. The molecule has 51 heavy (non-hydrogen) atoms. The van der Waals surface area contributed by atoms with Gasteiger partial charge in [-0.05, 0) is 38.2 Å². The maximum atomic E-state index is 13.6. The topological polar surface area (TPSA) is 178 Å². The molecular weight excluding hydrogens is 660 g/mol. The molecule has 0 aromatic heterocycles. The Morgan fingerprint density at radius 1 is 1.06 bits per heavy atom. The molecule has 0 amide bonds. The van der Waals surface area contributed by atoms with E-state index >= 15 is 0 Å². The van der Waals surface area contributed by atoms with Gasteiger partial charge in [0.25, 0.3) is 0 Å². The van der Waals surface area contributed by atoms with Crippen molar-refractivity contribution in [3.05, 3.63) is 59.4 Å². The van der Waals surface area contributed by atoms with Gasteiger partial charge in [-0.15, -0.1) is 0 Å². The summed E-state index contributed by atoms with van der Waals surface area (Å²) in [7, 11) is 2.80. The van der Waals surface area contributed by atoms with Gasteiger partial charge in [-0.1, -0.05) is 83.9 Å². The smallest absolute Gasteiger partial charge is 0.373 e. The zero-order valence-electron chi connectivity index (χ0n) is 31.9. The number of hydrogen-bond acceptors (Lipinski definition) is 11. The van der Waals surface area contributed by atoms with E-state index in [9.17, 15) is 29.7 Å². The fourth-order valence-electron chi connectivity index (χ4n) is 7.00. The maximum absolute atomic E-state index is 13.6. The highest BCUT2D eigenvalue weighted by Gasteiger charge is 2.53. The van der Waals surface area contributed by atoms with E-state index in [0.29, 0.717) is 18.1 Å². The number of carbonyl (C=O) groups is 3. The Morgan fingerprint density at radius 3 is 2.27 bits per heavy atom. The van der Waals surface area contributed by atoms with Gasteiger partial charge in [0, 0.05) is 49.4 Å². The van der Waals surface area contributed by atoms with E-state index in [-0.39, 0.29) is 35.9 Å². The van der Waals surface area contributed by atoms with E-state index in [0.717, 1.165) is 11.6 Å². The number of allylic oxidation sites excluding steroid dienone is 5. The Morgan fingerprint density at radius 2 is 1.71 bits per heavy atom. The number of ether oxygens (including phenoxy) is 5. The predicted octanol–water partition coefficient (Wildman–Crippen LogP) is 4.88. The molecule has 0 aliphatic carbocycles. The molecule has 2 rings (SSSR count). The van der Waals surface area contributed by atoms with Crippen molar-refractivity contribution in [1.29, 1.82) is 0 Å². The molecule has 0 radical (unpaired) electrons. The highest BCUT2D eigenvalue weighted by molar-refractivity contribution is 5.90. The number of rotatable bonds is 10. The molecule has 0 saturated carbocycles. The van der Waals surface area contributed by atoms with Gasteiger partial charge in [0.15, 0.2) is 5.79 Å². The summed E-state index contributed by atoms with van der Waals surface area (Å²) in [6, 6.07) is 0. The van der Waals surface area contributed by atoms with Crippen molar-refractivity contribution < 1.29 is 58.5 Å². The number of carboxylic acids is 1. The minimum atomic E-state index is -1.99. The number of hydrogen-bond donors (Lipinski definition) is 4. The second-order valence-electron chi connectivity index (χ2n) is 14.6. The minimum Gasteiger partial charge on any atom is -0.490 e. The van der Waals surface area contributed by atoms with Crippen LogP contribution in [0.15, 0.2) is 59.4 Å². The van der Waals surface area contributed by atoms with Crippen LogP contribution in [0.25, 0.3) is 0 Å². The van der Waals surface area contributed by atoms with Crippen molar-refractivity contribution >= 4 is 17.9 Å². The average molecular weight is 721 g/mol. The molecule has 2 aliphatic rings. The summed E-state index contributed by atoms with van der Waals surface area (Å²) in [6.07, 6.45) is 5.37. The fourth-order valence-corrected chi connectivity index (χ4v) is 7.00. The van der Waals surface area contributed by atoms with Gasteiger partial charge in [0.05, 0.1) is 25.4 Å². The first kappa shape index (κ1) is 43.9. The Bertz CT molecular complexity index is 1350. The van der Waals surface area contributed by atoms with Crippen LogP contribution in [0, 0.1) is 35.5 Å². The SMILES string of the molecule is COC1=CC(C)=C[C@@H](C)[C@@H](O)[C@@H](C)C/C(C)=C/C=C[C@H](OC)C([C@@H](C)[C@@H](O)[C@H](C)[C@@]2(O)C[C@@H](OC(=O)C=CC(=O)O)[C@H](C)[C@@H](C(C)C)O2)OC1=O. The van der Waals surface area contributed by atoms with Gasteiger partial charge in [0.1, 0.15) is 18.3 Å². The van der Waals surface area contributed by atoms with Crippen LogP contribution in [-0.4, -0.2) is 95.0 Å². The summed E-state index contributed by atoms with van der Waals surface area (Å²) in [5.41, 5.74) is 1.70. The second kappa shape index (κ2) is 19.5. The molecule has 1 saturated heterocycles. The molecule has 12 heteroatoms. The second-order valence-corrected chi connectivity index (χ2v) is 14.6. The fraction of sp³-hybridized carbons (Fsp3) is 0.667. The van der Waals surface area contributed by atoms with Crippen LogP contribution in [0.3, 0.4) is 0 Å². The van der Waals surface area contributed by atoms with E-state index < -0.39 is 72.2 Å². The lowest BCUT2D eigenvalue weighted by atomic mass is 9.76. The summed E-state index contributed by atoms with van der Waals surface area (Å²) < 4.78 is 29.1. The van der Waals surface area contributed by atoms with Gasteiger partial charge in [0.2, 0.25) is 5.76 Å². The van der Waals surface area contributed by atoms with E-state index in [1.807, 2.05) is 53.7 Å². The first-order valence-electron chi connectivity index (χ1n) is 17.7. The van der Waals surface area contributed by atoms with Crippen molar-refractivity contribution in [1.82, 2.24) is 0 Å². The molecule has 2 heterocycles. The summed E-state index contributed by atoms with van der Waals surface area (Å²) in [5.74, 6) is -7.68. The van der Waals surface area contributed by atoms with Crippen molar-refractivity contribution in [2.24, 2.45) is 35.5 Å². The number of aliphatic hydroxyl groups excluding tert-OH is 2. The van der Waals surface area contributed by atoms with Crippen molar-refractivity contribution in [3.63, 3.8) is 0 Å². The summed E-state index contributed by atoms with van der Waals surface area (Å²) in [5, 5.41) is 43.8. The molecule has 12 nitrogen and oxygen atoms in total. The van der Waals surface area contributed by atoms with E-state index in [2.05, 4.69) is 0 Å². The Labute approximate surface area is 302 Å². The van der Waals surface area contributed by atoms with E-state index in [1.165, 1.54) is 20.3 Å². The van der Waals surface area contributed by atoms with Gasteiger partial charge < -0.3 is 44.1 Å². The van der Waals surface area contributed by atoms with Crippen LogP contribution in [0.5, 0.6) is 0 Å². The molecule has 288 valence electrons. The molecule has 0 aromatic rings. The first-order chi connectivity index (χ1) is 23.8. The molecule has 0 aromatic carbocycles. The zero-order chi connectivity index (χ0) is 38.8. The molecule has 4 N–H and O–H groups in total. The molecule has 12 atom stereocenters. The Balaban J connectivity index is 2.55. The minimum absolute atomic E-state index is 0.0458. The third kappa shape index (κ3) is 12.1. The van der Waals surface area contributed by atoms with Crippen LogP contribution in [0.2, 0.25) is 0 Å². The van der Waals surface area contributed by atoms with Gasteiger partial charge in [-0.3, -0.25) is 0 Å². The zero-order valence-corrected chi connectivity index (χ0v) is 31.9. The highest BCUT2D eigenvalue weighted by atomic mass is 16.6. The maximum Gasteiger partial charge on any atom is 0.373 e. The Kier molecular flexibility index (Phi) is 16.8. The lowest BCUT2D eigenvalue weighted by molar-refractivity contribution is -0.329. The van der Waals surface area contributed by atoms with Crippen LogP contribution < -0.4 is 0 Å². The largest absolute Gasteiger partial charge is 0.490 e. The molecule has 1 unspecified atom stereocenters. The molecule has 0 bridgehead atoms. The monoisotopic (exact) mass is 720 g/mol. The summed E-state index contributed by atoms with van der Waals surface area (Å²) >= 11 is 0. The number of carboxylic acid groups (broad SMARTS) is 1. The third-order valence-electron chi connectivity index (χ3n) is 10.1. The molecule has 2 aliphatic heterocycles. The molecular formula is C39H60O12. The first-order valence-corrected chi connectivity index (χ1v) is 17.7. The van der Waals surface area contributed by atoms with Crippen LogP contribution in [0.1, 0.15) is 75.2 Å². The van der Waals surface area contributed by atoms with Crippen molar-refractivity contribution in [2.45, 2.75) is 118 Å². The number of aliphatic carboxylic acids is 1. The number of esters is 2. The highest BCUT2D eigenvalue weighted by Crippen LogP contribution is 2.42. The molecule has 1 fully saturated rings. The third-order valence-corrected chi connectivity index (χ3v) is 10.1. The number of cyclic esters (lactones) is 1. The van der Waals surface area contributed by atoms with Crippen molar-refractivity contribution in [2.75, 3.05) is 14.2 Å². The van der Waals surface area contributed by atoms with Crippen LogP contribution in [0.4, 0.5) is 0 Å². The number of aliphatic hydroxyl groups is 3. The van der Waals surface area contributed by atoms with E-state index in [1.54, 1.807) is 32.9 Å². The lowest BCUT2D eigenvalue weighted by Crippen LogP contribution is -2.59. The summed E-state index contributed by atoms with van der Waals surface area (Å²) in [6.45, 7) is 16.5. The van der Waals surface area contributed by atoms with E-state index in [4.69, 9.17) is 28.8 Å². The standard InChI is InChI=1S/C39H60O12/c1-21(2)36-26(7)31(49-33(42)16-15-32(40)41)20-39(46,51-36)28(9)35(44)27(8)37-29(47-10)14-12-13-22(3)17-24(5)34(43)25(6)18-23(4)19-30(48-11)38(45)50-37/h12-16,18-19,21,24-29,31,34-37,43-44,46H,17,20H2,1-11H3,(H,40,41)/b14-12?,16-15?,22-13+,23-18?,30-19?/t24-,25+,26-,27-,28-,29-,31+,34-,35+,36+,37?,39+/m0/s1. The van der Waals surface area contributed by atoms with Gasteiger partial charge >= 0.3 is 17.9 Å². The average Bonchev–Trinajstić information content (AvgIpc) is 3.06. The molecule has 0 spiro atoms. The number of methoxy groups -OCH3 is 2. The van der Waals surface area contributed by atoms with Gasteiger partial charge in [-0.2, -0.15) is 0 Å². The Hall–Kier alpha value is -3.29. The van der Waals surface area contributed by atoms with Crippen LogP contribution in [-0.2, 0) is 38.1 Å². The lowest BCUT2D eigenvalue weighted by Gasteiger charge is -2.50. The van der Waals surface area contributed by atoms with Gasteiger partial charge in [-0.25, -0.2) is 14.4 Å². The predicted molar refractivity (Wildman–Crippen MR) is 191 cm³/mol.